The Morgan fingerprint density at radius 2 is 2.05 bits per heavy atom. The third kappa shape index (κ3) is 3.21. The summed E-state index contributed by atoms with van der Waals surface area (Å²) in [6.45, 7) is 0.187. The molecule has 0 radical (unpaired) electrons. The van der Waals surface area contributed by atoms with Crippen molar-refractivity contribution >= 4 is 43.3 Å². The summed E-state index contributed by atoms with van der Waals surface area (Å²) in [5.41, 5.74) is 1.42. The molecular weight excluding hydrogens is 362 g/mol. The Morgan fingerprint density at radius 3 is 2.86 bits per heavy atom. The van der Waals surface area contributed by atoms with Crippen molar-refractivity contribution in [1.29, 1.82) is 0 Å². The monoisotopic (exact) mass is 375 g/mol. The summed E-state index contributed by atoms with van der Waals surface area (Å²) in [5, 5.41) is 16.1. The van der Waals surface area contributed by atoms with Gasteiger partial charge in [-0.15, -0.1) is 11.3 Å². The van der Waals surface area contributed by atoms with Crippen LogP contribution in [0.15, 0.2) is 58.4 Å². The number of benzene rings is 2. The Kier molecular flexibility index (Phi) is 4.57. The first kappa shape index (κ1) is 15.2. The molecule has 0 aliphatic rings. The summed E-state index contributed by atoms with van der Waals surface area (Å²) in [6, 6.07) is 15.1. The molecule has 0 spiro atoms. The van der Waals surface area contributed by atoms with E-state index in [9.17, 15) is 9.90 Å². The molecule has 1 atom stereocenters. The van der Waals surface area contributed by atoms with Gasteiger partial charge in [-0.25, -0.2) is 0 Å². The predicted octanol–water partition coefficient (Wildman–Crippen LogP) is 4.13. The van der Waals surface area contributed by atoms with Crippen molar-refractivity contribution in [3.05, 3.63) is 69.5 Å². The number of amides is 1. The predicted molar refractivity (Wildman–Crippen MR) is 93.3 cm³/mol. The number of halogens is 1. The topological polar surface area (TPSA) is 49.3 Å². The Balaban J connectivity index is 1.70. The van der Waals surface area contributed by atoms with Gasteiger partial charge in [0.1, 0.15) is 0 Å². The smallest absolute Gasteiger partial charge is 0.251 e. The number of fused-ring (bicyclic) bond motifs is 1. The number of thiophene rings is 1. The number of hydrogen-bond acceptors (Lipinski definition) is 3. The second kappa shape index (κ2) is 6.60. The Labute approximate surface area is 140 Å². The van der Waals surface area contributed by atoms with E-state index in [2.05, 4.69) is 21.2 Å². The van der Waals surface area contributed by atoms with Crippen molar-refractivity contribution in [3.8, 4) is 0 Å². The van der Waals surface area contributed by atoms with Crippen LogP contribution in [0.25, 0.3) is 10.1 Å². The lowest BCUT2D eigenvalue weighted by atomic mass is 10.1. The lowest BCUT2D eigenvalue weighted by Gasteiger charge is -2.11. The fourth-order valence-electron chi connectivity index (χ4n) is 2.29. The number of aliphatic hydroxyl groups excluding tert-OH is 1. The van der Waals surface area contributed by atoms with Crippen LogP contribution in [-0.2, 0) is 0 Å². The van der Waals surface area contributed by atoms with Crippen LogP contribution in [0.1, 0.15) is 22.0 Å². The van der Waals surface area contributed by atoms with Crippen LogP contribution in [0.5, 0.6) is 0 Å². The first-order valence-corrected chi connectivity index (χ1v) is 8.50. The van der Waals surface area contributed by atoms with E-state index >= 15 is 0 Å². The van der Waals surface area contributed by atoms with Gasteiger partial charge < -0.3 is 10.4 Å². The van der Waals surface area contributed by atoms with Gasteiger partial charge in [0, 0.05) is 26.8 Å². The van der Waals surface area contributed by atoms with Crippen LogP contribution in [0.2, 0.25) is 0 Å². The maximum absolute atomic E-state index is 12.1. The van der Waals surface area contributed by atoms with E-state index in [4.69, 9.17) is 0 Å². The molecule has 0 saturated heterocycles. The highest BCUT2D eigenvalue weighted by Gasteiger charge is 2.14. The molecule has 112 valence electrons. The Morgan fingerprint density at radius 1 is 1.23 bits per heavy atom. The van der Waals surface area contributed by atoms with Gasteiger partial charge in [0.05, 0.1) is 6.10 Å². The first-order valence-electron chi connectivity index (χ1n) is 6.83. The maximum atomic E-state index is 12.1. The number of rotatable bonds is 4. The molecule has 0 bridgehead atoms. The lowest BCUT2D eigenvalue weighted by Crippen LogP contribution is -2.28. The lowest BCUT2D eigenvalue weighted by molar-refractivity contribution is 0.0917. The van der Waals surface area contributed by atoms with E-state index in [0.717, 1.165) is 20.1 Å². The average molecular weight is 376 g/mol. The second-order valence-corrected chi connectivity index (χ2v) is 6.75. The van der Waals surface area contributed by atoms with Crippen molar-refractivity contribution in [1.82, 2.24) is 5.32 Å². The molecule has 0 saturated carbocycles. The van der Waals surface area contributed by atoms with Gasteiger partial charge in [-0.05, 0) is 35.0 Å². The van der Waals surface area contributed by atoms with E-state index in [1.165, 1.54) is 0 Å². The van der Waals surface area contributed by atoms with Crippen LogP contribution in [0, 0.1) is 0 Å². The molecule has 2 aromatic carbocycles. The van der Waals surface area contributed by atoms with Gasteiger partial charge in [-0.2, -0.15) is 0 Å². The number of aliphatic hydroxyl groups is 1. The maximum Gasteiger partial charge on any atom is 0.251 e. The van der Waals surface area contributed by atoms with E-state index in [0.29, 0.717) is 5.56 Å². The summed E-state index contributed by atoms with van der Waals surface area (Å²) in [7, 11) is 0. The average Bonchev–Trinajstić information content (AvgIpc) is 2.96. The minimum atomic E-state index is -0.716. The summed E-state index contributed by atoms with van der Waals surface area (Å²) in [4.78, 5) is 12.1. The second-order valence-electron chi connectivity index (χ2n) is 4.92. The zero-order valence-electron chi connectivity index (χ0n) is 11.6. The van der Waals surface area contributed by atoms with Crippen molar-refractivity contribution in [2.75, 3.05) is 6.54 Å². The van der Waals surface area contributed by atoms with Gasteiger partial charge in [0.15, 0.2) is 0 Å². The van der Waals surface area contributed by atoms with E-state index < -0.39 is 6.10 Å². The first-order chi connectivity index (χ1) is 10.6. The molecule has 1 aromatic heterocycles. The van der Waals surface area contributed by atoms with Crippen molar-refractivity contribution in [2.24, 2.45) is 0 Å². The van der Waals surface area contributed by atoms with Crippen LogP contribution in [0.4, 0.5) is 0 Å². The van der Waals surface area contributed by atoms with Gasteiger partial charge >= 0.3 is 0 Å². The normalized spacial score (nSPS) is 12.3. The summed E-state index contributed by atoms with van der Waals surface area (Å²) >= 11 is 4.94. The van der Waals surface area contributed by atoms with Crippen LogP contribution < -0.4 is 5.32 Å². The SMILES string of the molecule is O=C(NCC(O)c1csc2ccccc12)c1cccc(Br)c1. The number of nitrogens with one attached hydrogen (secondary N) is 1. The third-order valence-electron chi connectivity index (χ3n) is 3.41. The molecular formula is C17H14BrNO2S. The quantitative estimate of drug-likeness (QED) is 0.720. The molecule has 5 heteroatoms. The van der Waals surface area contributed by atoms with Gasteiger partial charge in [0.25, 0.3) is 5.91 Å². The van der Waals surface area contributed by atoms with E-state index in [-0.39, 0.29) is 12.5 Å². The Bertz CT molecular complexity index is 815. The summed E-state index contributed by atoms with van der Waals surface area (Å²) < 4.78 is 1.99. The largest absolute Gasteiger partial charge is 0.387 e. The van der Waals surface area contributed by atoms with E-state index in [1.54, 1.807) is 23.5 Å². The molecule has 3 nitrogen and oxygen atoms in total. The highest BCUT2D eigenvalue weighted by molar-refractivity contribution is 9.10. The zero-order chi connectivity index (χ0) is 15.5. The highest BCUT2D eigenvalue weighted by Crippen LogP contribution is 2.29. The summed E-state index contributed by atoms with van der Waals surface area (Å²) in [5.74, 6) is -0.195. The molecule has 3 aromatic rings. The number of carbonyl (C=O) groups is 1. The van der Waals surface area contributed by atoms with Gasteiger partial charge in [-0.3, -0.25) is 4.79 Å². The molecule has 1 unspecified atom stereocenters. The number of carbonyl (C=O) groups excluding carboxylic acids is 1. The molecule has 0 aliphatic heterocycles. The number of hydrogen-bond donors (Lipinski definition) is 2. The molecule has 0 aliphatic carbocycles. The van der Waals surface area contributed by atoms with Crippen molar-refractivity contribution in [2.45, 2.75) is 6.10 Å². The minimum absolute atomic E-state index is 0.187. The standard InChI is InChI=1S/C17H14BrNO2S/c18-12-5-3-4-11(8-12)17(21)19-9-15(20)14-10-22-16-7-2-1-6-13(14)16/h1-8,10,15,20H,9H2,(H,19,21). The fourth-order valence-corrected chi connectivity index (χ4v) is 3.69. The van der Waals surface area contributed by atoms with E-state index in [1.807, 2.05) is 41.8 Å². The van der Waals surface area contributed by atoms with Crippen LogP contribution in [-0.4, -0.2) is 17.6 Å². The molecule has 3 rings (SSSR count). The third-order valence-corrected chi connectivity index (χ3v) is 4.89. The molecule has 1 amide bonds. The fraction of sp³-hybridized carbons (Fsp3) is 0.118. The molecule has 0 fully saturated rings. The van der Waals surface area contributed by atoms with Crippen molar-refractivity contribution in [3.63, 3.8) is 0 Å². The van der Waals surface area contributed by atoms with Crippen molar-refractivity contribution < 1.29 is 9.90 Å². The van der Waals surface area contributed by atoms with Gasteiger partial charge in [-0.1, -0.05) is 40.2 Å². The molecule has 22 heavy (non-hydrogen) atoms. The van der Waals surface area contributed by atoms with Gasteiger partial charge in [0.2, 0.25) is 0 Å². The van der Waals surface area contributed by atoms with Crippen LogP contribution in [0.3, 0.4) is 0 Å². The minimum Gasteiger partial charge on any atom is -0.387 e. The highest BCUT2D eigenvalue weighted by atomic mass is 79.9. The van der Waals surface area contributed by atoms with Crippen LogP contribution >= 0.6 is 27.3 Å². The Hall–Kier alpha value is -1.69. The molecule has 2 N–H and O–H groups in total. The summed E-state index contributed by atoms with van der Waals surface area (Å²) in [6.07, 6.45) is -0.716. The zero-order valence-corrected chi connectivity index (χ0v) is 14.0. The molecule has 1 heterocycles.